The van der Waals surface area contributed by atoms with Crippen LogP contribution < -0.4 is 0 Å². The van der Waals surface area contributed by atoms with Gasteiger partial charge in [0.2, 0.25) is 0 Å². The molecule has 0 saturated carbocycles. The highest BCUT2D eigenvalue weighted by molar-refractivity contribution is 9.10. The van der Waals surface area contributed by atoms with Crippen LogP contribution in [0.25, 0.3) is 0 Å². The second-order valence-corrected chi connectivity index (χ2v) is 10.2. The quantitative estimate of drug-likeness (QED) is 0.575. The first-order valence-corrected chi connectivity index (χ1v) is 12.6. The summed E-state index contributed by atoms with van der Waals surface area (Å²) in [4.78, 5) is 19.8. The van der Waals surface area contributed by atoms with E-state index in [0.29, 0.717) is 18.2 Å². The van der Waals surface area contributed by atoms with E-state index in [4.69, 9.17) is 0 Å². The van der Waals surface area contributed by atoms with Crippen molar-refractivity contribution in [2.45, 2.75) is 37.3 Å². The van der Waals surface area contributed by atoms with E-state index in [0.717, 1.165) is 62.0 Å². The van der Waals surface area contributed by atoms with Gasteiger partial charge in [-0.25, -0.2) is 4.39 Å². The Kier molecular flexibility index (Phi) is 8.17. The summed E-state index contributed by atoms with van der Waals surface area (Å²) in [5.41, 5.74) is 1.71. The van der Waals surface area contributed by atoms with Crippen LogP contribution in [0.4, 0.5) is 4.39 Å². The lowest BCUT2D eigenvalue weighted by Crippen LogP contribution is -2.61. The number of likely N-dealkylation sites (tertiary alicyclic amines) is 2. The van der Waals surface area contributed by atoms with Crippen LogP contribution in [0.15, 0.2) is 53.0 Å². The maximum Gasteiger partial charge on any atom is 0.254 e. The molecule has 0 unspecified atom stereocenters. The molecule has 1 N–H and O–H groups in total. The van der Waals surface area contributed by atoms with E-state index in [9.17, 15) is 14.3 Å². The Balaban J connectivity index is 1.35. The zero-order valence-electron chi connectivity index (χ0n) is 19.2. The van der Waals surface area contributed by atoms with E-state index < -0.39 is 0 Å². The Labute approximate surface area is 204 Å². The van der Waals surface area contributed by atoms with Crippen LogP contribution in [0.3, 0.4) is 0 Å². The number of aliphatic hydroxyl groups excluding tert-OH is 1. The van der Waals surface area contributed by atoms with E-state index in [1.54, 1.807) is 4.90 Å². The van der Waals surface area contributed by atoms with Gasteiger partial charge in [-0.05, 0) is 71.6 Å². The molecule has 2 aliphatic heterocycles. The molecule has 178 valence electrons. The first kappa shape index (κ1) is 24.3. The van der Waals surface area contributed by atoms with Gasteiger partial charge in [0, 0.05) is 56.2 Å². The van der Waals surface area contributed by atoms with Crippen molar-refractivity contribution in [3.8, 4) is 0 Å². The summed E-state index contributed by atoms with van der Waals surface area (Å²) in [5, 5.41) is 9.73. The number of benzene rings is 2. The van der Waals surface area contributed by atoms with Gasteiger partial charge in [-0.3, -0.25) is 9.69 Å². The third-order valence-electron chi connectivity index (χ3n) is 7.03. The van der Waals surface area contributed by atoms with Crippen LogP contribution in [0, 0.1) is 5.82 Å². The lowest BCUT2D eigenvalue weighted by molar-refractivity contribution is -0.00542. The monoisotopic (exact) mass is 517 g/mol. The molecule has 4 rings (SSSR count). The zero-order chi connectivity index (χ0) is 23.4. The summed E-state index contributed by atoms with van der Waals surface area (Å²) < 4.78 is 14.3. The third kappa shape index (κ3) is 6.21. The predicted octanol–water partition coefficient (Wildman–Crippen LogP) is 3.98. The fraction of sp³-hybridized carbons (Fsp3) is 0.500. The summed E-state index contributed by atoms with van der Waals surface area (Å²) in [5.74, 6) is -0.135. The number of hydrogen-bond acceptors (Lipinski definition) is 4. The number of amides is 1. The molecule has 2 aliphatic rings. The van der Waals surface area contributed by atoms with Gasteiger partial charge >= 0.3 is 0 Å². The molecular weight excluding hydrogens is 485 g/mol. The minimum atomic E-state index is -0.243. The topological polar surface area (TPSA) is 47.0 Å². The molecule has 2 heterocycles. The lowest BCUT2D eigenvalue weighted by atomic mass is 9.93. The number of halogens is 2. The number of carbonyl (C=O) groups is 1. The molecule has 0 radical (unpaired) electrons. The van der Waals surface area contributed by atoms with Crippen molar-refractivity contribution in [1.82, 2.24) is 14.7 Å². The molecule has 5 nitrogen and oxygen atoms in total. The van der Waals surface area contributed by atoms with Gasteiger partial charge in [0.15, 0.2) is 0 Å². The SMILES string of the molecule is CN(C[C@@H](CCN1CC(N2CCC(O)CC2)C1)c1ccc(F)cc1)C(=O)c1ccccc1Br. The highest BCUT2D eigenvalue weighted by Crippen LogP contribution is 2.26. The fourth-order valence-electron chi connectivity index (χ4n) is 4.90. The lowest BCUT2D eigenvalue weighted by Gasteiger charge is -2.47. The molecule has 2 aromatic rings. The average molecular weight is 518 g/mol. The van der Waals surface area contributed by atoms with Crippen LogP contribution >= 0.6 is 15.9 Å². The Morgan fingerprint density at radius 3 is 2.48 bits per heavy atom. The van der Waals surface area contributed by atoms with Gasteiger partial charge in [0.25, 0.3) is 5.91 Å². The molecule has 1 amide bonds. The standard InChI is InChI=1S/C26H33BrFN3O2/c1-29(26(33)24-4-2-3-5-25(24)27)16-20(19-6-8-21(28)9-7-19)10-13-30-17-22(18-30)31-14-11-23(32)12-15-31/h2-9,20,22-23,32H,10-18H2,1H3/t20-/m1/s1. The van der Waals surface area contributed by atoms with E-state index >= 15 is 0 Å². The molecule has 2 saturated heterocycles. The van der Waals surface area contributed by atoms with Crippen molar-refractivity contribution in [3.63, 3.8) is 0 Å². The van der Waals surface area contributed by atoms with Gasteiger partial charge in [-0.2, -0.15) is 0 Å². The Morgan fingerprint density at radius 1 is 1.15 bits per heavy atom. The highest BCUT2D eigenvalue weighted by atomic mass is 79.9. The van der Waals surface area contributed by atoms with Gasteiger partial charge in [-0.15, -0.1) is 0 Å². The largest absolute Gasteiger partial charge is 0.393 e. The predicted molar refractivity (Wildman–Crippen MR) is 132 cm³/mol. The summed E-state index contributed by atoms with van der Waals surface area (Å²) in [6.45, 7) is 5.61. The molecule has 2 aromatic carbocycles. The van der Waals surface area contributed by atoms with Crippen molar-refractivity contribution in [2.24, 2.45) is 0 Å². The third-order valence-corrected chi connectivity index (χ3v) is 7.73. The van der Waals surface area contributed by atoms with Crippen LogP contribution in [0.1, 0.15) is 41.1 Å². The normalized spacial score (nSPS) is 19.3. The molecule has 0 aliphatic carbocycles. The Hall–Kier alpha value is -1.80. The molecule has 7 heteroatoms. The van der Waals surface area contributed by atoms with Gasteiger partial charge in [-0.1, -0.05) is 24.3 Å². The zero-order valence-corrected chi connectivity index (χ0v) is 20.8. The van der Waals surface area contributed by atoms with Crippen LogP contribution in [0.2, 0.25) is 0 Å². The fourth-order valence-corrected chi connectivity index (χ4v) is 5.35. The van der Waals surface area contributed by atoms with E-state index in [-0.39, 0.29) is 23.7 Å². The van der Waals surface area contributed by atoms with Crippen molar-refractivity contribution >= 4 is 21.8 Å². The minimum absolute atomic E-state index is 0.0223. The molecular formula is C26H33BrFN3O2. The minimum Gasteiger partial charge on any atom is -0.393 e. The summed E-state index contributed by atoms with van der Waals surface area (Å²) in [7, 11) is 1.84. The smallest absolute Gasteiger partial charge is 0.254 e. The summed E-state index contributed by atoms with van der Waals surface area (Å²) in [6.07, 6.45) is 2.53. The first-order valence-electron chi connectivity index (χ1n) is 11.8. The van der Waals surface area contributed by atoms with Crippen molar-refractivity contribution < 1.29 is 14.3 Å². The van der Waals surface area contributed by atoms with E-state index in [2.05, 4.69) is 25.7 Å². The number of nitrogens with zero attached hydrogens (tertiary/aromatic N) is 3. The van der Waals surface area contributed by atoms with Gasteiger partial charge in [0.1, 0.15) is 5.82 Å². The van der Waals surface area contributed by atoms with E-state index in [1.807, 2.05) is 43.4 Å². The average Bonchev–Trinajstić information content (AvgIpc) is 2.78. The molecule has 0 spiro atoms. The van der Waals surface area contributed by atoms with Crippen LogP contribution in [-0.2, 0) is 0 Å². The Morgan fingerprint density at radius 2 is 1.82 bits per heavy atom. The maximum absolute atomic E-state index is 13.5. The van der Waals surface area contributed by atoms with Crippen LogP contribution in [0.5, 0.6) is 0 Å². The molecule has 1 atom stereocenters. The maximum atomic E-state index is 13.5. The van der Waals surface area contributed by atoms with E-state index in [1.165, 1.54) is 12.1 Å². The second-order valence-electron chi connectivity index (χ2n) is 9.38. The second kappa shape index (κ2) is 11.1. The number of carbonyl (C=O) groups excluding carboxylic acids is 1. The summed E-state index contributed by atoms with van der Waals surface area (Å²) in [6, 6.07) is 14.7. The first-order chi connectivity index (χ1) is 15.9. The number of rotatable bonds is 8. The van der Waals surface area contributed by atoms with Crippen molar-refractivity contribution in [2.75, 3.05) is 46.3 Å². The number of hydrogen-bond donors (Lipinski definition) is 1. The molecule has 0 aromatic heterocycles. The number of likely N-dealkylation sites (N-methyl/N-ethyl adjacent to an activating group) is 1. The number of aliphatic hydroxyl groups is 1. The van der Waals surface area contributed by atoms with Gasteiger partial charge < -0.3 is 14.9 Å². The number of piperidine rings is 1. The van der Waals surface area contributed by atoms with Crippen molar-refractivity contribution in [1.29, 1.82) is 0 Å². The van der Waals surface area contributed by atoms with Crippen LogP contribution in [-0.4, -0.2) is 84.2 Å². The van der Waals surface area contributed by atoms with Crippen molar-refractivity contribution in [3.05, 3.63) is 69.9 Å². The summed E-state index contributed by atoms with van der Waals surface area (Å²) >= 11 is 3.48. The molecule has 2 fully saturated rings. The highest BCUT2D eigenvalue weighted by Gasteiger charge is 2.33. The Bertz CT molecular complexity index is 927. The van der Waals surface area contributed by atoms with Gasteiger partial charge in [0.05, 0.1) is 11.7 Å². The molecule has 33 heavy (non-hydrogen) atoms. The molecule has 0 bridgehead atoms.